The number of hydrogen-bond donors (Lipinski definition) is 4. The Morgan fingerprint density at radius 3 is 1.46 bits per heavy atom. The van der Waals surface area contributed by atoms with Crippen molar-refractivity contribution in [3.05, 3.63) is 0 Å². The van der Waals surface area contributed by atoms with E-state index in [0.717, 1.165) is 0 Å². The van der Waals surface area contributed by atoms with Crippen molar-refractivity contribution in [2.75, 3.05) is 26.4 Å². The van der Waals surface area contributed by atoms with E-state index in [0.29, 0.717) is 0 Å². The molecule has 0 spiro atoms. The second-order valence-corrected chi connectivity index (χ2v) is 2.21. The summed E-state index contributed by atoms with van der Waals surface area (Å²) in [7, 11) is 0. The Morgan fingerprint density at radius 1 is 0.923 bits per heavy atom. The molecular weight excluding hydrogens is 264 g/mol. The van der Waals surface area contributed by atoms with Crippen LogP contribution < -0.4 is 0 Å². The standard InChI is InChI=1S/C6H14O5.Mo.H2O/c7-1-5(9)3-11-4-6(10)2-8;;/h5-10H,1-4H2;;1H2. The first-order valence-corrected chi connectivity index (χ1v) is 3.36. The summed E-state index contributed by atoms with van der Waals surface area (Å²) in [6.45, 7) is -0.800. The zero-order chi connectivity index (χ0) is 8.69. The van der Waals surface area contributed by atoms with E-state index in [-0.39, 0.29) is 53.0 Å². The maximum atomic E-state index is 8.72. The van der Waals surface area contributed by atoms with Crippen molar-refractivity contribution in [2.45, 2.75) is 12.2 Å². The van der Waals surface area contributed by atoms with Crippen molar-refractivity contribution in [1.82, 2.24) is 0 Å². The molecule has 0 amide bonds. The predicted octanol–water partition coefficient (Wildman–Crippen LogP) is -3.12. The van der Waals surface area contributed by atoms with Gasteiger partial charge in [0.05, 0.1) is 26.4 Å². The fourth-order valence-electron chi connectivity index (χ4n) is 0.446. The summed E-state index contributed by atoms with van der Waals surface area (Å²) in [5.41, 5.74) is 0. The van der Waals surface area contributed by atoms with Gasteiger partial charge in [0, 0.05) is 21.1 Å². The van der Waals surface area contributed by atoms with Crippen molar-refractivity contribution in [2.24, 2.45) is 0 Å². The first-order valence-electron chi connectivity index (χ1n) is 3.36. The van der Waals surface area contributed by atoms with E-state index in [2.05, 4.69) is 0 Å². The average Bonchev–Trinajstić information content (AvgIpc) is 2.04. The zero-order valence-corrected chi connectivity index (χ0v) is 9.10. The molecule has 0 aliphatic carbocycles. The predicted molar refractivity (Wildman–Crippen MR) is 40.6 cm³/mol. The summed E-state index contributed by atoms with van der Waals surface area (Å²) in [6, 6.07) is 0. The molecule has 0 saturated carbocycles. The average molecular weight is 280 g/mol. The Balaban J connectivity index is -0.000000500. The second kappa shape index (κ2) is 12.4. The van der Waals surface area contributed by atoms with Gasteiger partial charge in [-0.05, 0) is 0 Å². The van der Waals surface area contributed by atoms with Crippen LogP contribution in [0.2, 0.25) is 0 Å². The molecule has 0 rings (SSSR count). The third kappa shape index (κ3) is 12.4. The van der Waals surface area contributed by atoms with Gasteiger partial charge in [-0.25, -0.2) is 0 Å². The van der Waals surface area contributed by atoms with Gasteiger partial charge in [0.15, 0.2) is 0 Å². The summed E-state index contributed by atoms with van der Waals surface area (Å²) >= 11 is 0. The second-order valence-electron chi connectivity index (χ2n) is 2.21. The molecule has 0 fully saturated rings. The van der Waals surface area contributed by atoms with Gasteiger partial charge >= 0.3 is 0 Å². The smallest absolute Gasteiger partial charge is 0.100 e. The van der Waals surface area contributed by atoms with E-state index in [9.17, 15) is 0 Å². The minimum absolute atomic E-state index is 0. The Morgan fingerprint density at radius 2 is 1.23 bits per heavy atom. The van der Waals surface area contributed by atoms with Crippen LogP contribution in [0.3, 0.4) is 0 Å². The maximum Gasteiger partial charge on any atom is 0.100 e. The van der Waals surface area contributed by atoms with E-state index < -0.39 is 12.2 Å². The molecule has 13 heavy (non-hydrogen) atoms. The number of aliphatic hydroxyl groups is 4. The van der Waals surface area contributed by atoms with Crippen molar-refractivity contribution in [3.8, 4) is 0 Å². The van der Waals surface area contributed by atoms with Crippen LogP contribution in [0, 0.1) is 0 Å². The first-order chi connectivity index (χ1) is 5.20. The van der Waals surface area contributed by atoms with Crippen LogP contribution in [-0.4, -0.2) is 64.5 Å². The van der Waals surface area contributed by atoms with Gasteiger partial charge in [-0.2, -0.15) is 0 Å². The molecule has 82 valence electrons. The minimum Gasteiger partial charge on any atom is -0.412 e. The van der Waals surface area contributed by atoms with Gasteiger partial charge in [-0.3, -0.25) is 0 Å². The van der Waals surface area contributed by atoms with Crippen molar-refractivity contribution in [1.29, 1.82) is 0 Å². The molecule has 6 nitrogen and oxygen atoms in total. The van der Waals surface area contributed by atoms with Crippen LogP contribution in [0.25, 0.3) is 0 Å². The largest absolute Gasteiger partial charge is 0.412 e. The van der Waals surface area contributed by atoms with Gasteiger partial charge in [-0.1, -0.05) is 0 Å². The molecule has 0 bridgehead atoms. The molecule has 0 aliphatic rings. The van der Waals surface area contributed by atoms with Crippen molar-refractivity contribution < 1.29 is 51.7 Å². The number of aliphatic hydroxyl groups excluding tert-OH is 4. The van der Waals surface area contributed by atoms with Gasteiger partial charge < -0.3 is 30.6 Å². The molecule has 6 N–H and O–H groups in total. The van der Waals surface area contributed by atoms with Gasteiger partial charge in [0.2, 0.25) is 0 Å². The third-order valence-corrected chi connectivity index (χ3v) is 1.04. The Kier molecular flexibility index (Phi) is 18.3. The van der Waals surface area contributed by atoms with Crippen molar-refractivity contribution >= 4 is 0 Å². The van der Waals surface area contributed by atoms with E-state index in [1.165, 1.54) is 0 Å². The van der Waals surface area contributed by atoms with Crippen LogP contribution in [0.5, 0.6) is 0 Å². The van der Waals surface area contributed by atoms with E-state index in [1.807, 2.05) is 0 Å². The quantitative estimate of drug-likeness (QED) is 0.383. The molecule has 2 atom stereocenters. The van der Waals surface area contributed by atoms with Crippen LogP contribution in [-0.2, 0) is 25.8 Å². The Bertz CT molecular complexity index is 83.2. The summed E-state index contributed by atoms with van der Waals surface area (Å²) in [5, 5.41) is 34.1. The van der Waals surface area contributed by atoms with Crippen LogP contribution >= 0.6 is 0 Å². The normalized spacial score (nSPS) is 13.8. The summed E-state index contributed by atoms with van der Waals surface area (Å²) in [4.78, 5) is 0. The molecule has 0 saturated heterocycles. The number of ether oxygens (including phenoxy) is 1. The van der Waals surface area contributed by atoms with Crippen LogP contribution in [0.4, 0.5) is 0 Å². The SMILES string of the molecule is O.OCC(O)COCC(O)CO.[Mo]. The van der Waals surface area contributed by atoms with E-state index >= 15 is 0 Å². The van der Waals surface area contributed by atoms with E-state index in [4.69, 9.17) is 25.2 Å². The Labute approximate surface area is 90.7 Å². The number of rotatable bonds is 6. The van der Waals surface area contributed by atoms with Crippen molar-refractivity contribution in [3.63, 3.8) is 0 Å². The maximum absolute atomic E-state index is 8.72. The van der Waals surface area contributed by atoms with Crippen LogP contribution in [0.1, 0.15) is 0 Å². The fourth-order valence-corrected chi connectivity index (χ4v) is 0.446. The van der Waals surface area contributed by atoms with E-state index in [1.54, 1.807) is 0 Å². The fraction of sp³-hybridized carbons (Fsp3) is 1.00. The monoisotopic (exact) mass is 282 g/mol. The summed E-state index contributed by atoms with van der Waals surface area (Å²) in [5.74, 6) is 0. The molecule has 0 aliphatic heterocycles. The summed E-state index contributed by atoms with van der Waals surface area (Å²) < 4.78 is 4.72. The Hall–Kier alpha value is 0.448. The molecular formula is C6H16MoO6. The van der Waals surface area contributed by atoms with Crippen LogP contribution in [0.15, 0.2) is 0 Å². The number of hydrogen-bond acceptors (Lipinski definition) is 5. The molecule has 0 heterocycles. The molecule has 0 aromatic carbocycles. The van der Waals surface area contributed by atoms with Gasteiger partial charge in [-0.15, -0.1) is 0 Å². The van der Waals surface area contributed by atoms with Gasteiger partial charge in [0.25, 0.3) is 0 Å². The third-order valence-electron chi connectivity index (χ3n) is 1.04. The molecule has 0 aromatic heterocycles. The van der Waals surface area contributed by atoms with Gasteiger partial charge in [0.1, 0.15) is 12.2 Å². The molecule has 2 unspecified atom stereocenters. The summed E-state index contributed by atoms with van der Waals surface area (Å²) in [6.07, 6.45) is -1.83. The molecule has 0 radical (unpaired) electrons. The topological polar surface area (TPSA) is 122 Å². The zero-order valence-electron chi connectivity index (χ0n) is 7.09. The first kappa shape index (κ1) is 19.1. The minimum atomic E-state index is -0.916. The molecule has 7 heteroatoms. The molecule has 0 aromatic rings.